The topological polar surface area (TPSA) is 169 Å². The highest BCUT2D eigenvalue weighted by molar-refractivity contribution is 6.04. The summed E-state index contributed by atoms with van der Waals surface area (Å²) in [5, 5.41) is 20.2. The van der Waals surface area contributed by atoms with Crippen LogP contribution in [0.25, 0.3) is 21.9 Å². The minimum Gasteiger partial charge on any atom is -0.496 e. The fourth-order valence-corrected chi connectivity index (χ4v) is 8.78. The molecule has 1 atom stereocenters. The highest BCUT2D eigenvalue weighted by atomic mass is 16.5. The molecule has 2 saturated heterocycles. The van der Waals surface area contributed by atoms with Crippen LogP contribution < -0.4 is 21.1 Å². The number of rotatable bonds is 8. The number of benzene rings is 2. The molecule has 2 N–H and O–H groups in total. The number of likely N-dealkylation sites (tertiary alicyclic amines) is 1. The monoisotopic (exact) mass is 729 g/mol. The summed E-state index contributed by atoms with van der Waals surface area (Å²) < 4.78 is 11.1. The molecule has 14 heteroatoms. The number of imide groups is 1. The second-order valence-electron chi connectivity index (χ2n) is 14.8. The molecule has 1 saturated carbocycles. The molecule has 3 aliphatic rings. The van der Waals surface area contributed by atoms with Crippen molar-refractivity contribution in [2.75, 3.05) is 32.1 Å². The summed E-state index contributed by atoms with van der Waals surface area (Å²) in [6, 6.07) is 15.8. The number of pyridine rings is 1. The Morgan fingerprint density at radius 1 is 1.02 bits per heavy atom. The van der Waals surface area contributed by atoms with E-state index in [4.69, 9.17) is 15.1 Å². The largest absolute Gasteiger partial charge is 0.496 e. The first-order valence-electron chi connectivity index (χ1n) is 18.7. The zero-order valence-electron chi connectivity index (χ0n) is 30.5. The lowest BCUT2D eigenvalue weighted by Crippen LogP contribution is -2.44. The van der Waals surface area contributed by atoms with Crippen LogP contribution in [0.5, 0.6) is 5.75 Å². The second kappa shape index (κ2) is 14.5. The number of carbonyl (C=O) groups excluding carboxylic acids is 3. The molecule has 1 aliphatic carbocycles. The highest BCUT2D eigenvalue weighted by Gasteiger charge is 2.34. The van der Waals surface area contributed by atoms with E-state index in [0.29, 0.717) is 29.6 Å². The summed E-state index contributed by atoms with van der Waals surface area (Å²) in [5.74, 6) is 0.453. The smallest absolute Gasteiger partial charge is 0.329 e. The number of aromatic nitrogens is 5. The summed E-state index contributed by atoms with van der Waals surface area (Å²) in [4.78, 5) is 57.6. The molecule has 0 radical (unpaired) electrons. The average Bonchev–Trinajstić information content (AvgIpc) is 3.72. The maximum Gasteiger partial charge on any atom is 0.329 e. The Hall–Kier alpha value is -5.81. The maximum absolute atomic E-state index is 13.6. The molecule has 14 nitrogen and oxygen atoms in total. The van der Waals surface area contributed by atoms with Crippen LogP contribution in [0.15, 0.2) is 59.5 Å². The summed E-state index contributed by atoms with van der Waals surface area (Å²) in [7, 11) is 3.41. The maximum atomic E-state index is 13.6. The number of carbonyl (C=O) groups is 3. The lowest BCUT2D eigenvalue weighted by Gasteiger charge is -2.37. The molecule has 2 aromatic carbocycles. The van der Waals surface area contributed by atoms with Crippen LogP contribution in [0, 0.1) is 17.2 Å². The van der Waals surface area contributed by atoms with Crippen LogP contribution in [0.4, 0.5) is 5.69 Å². The van der Waals surface area contributed by atoms with Crippen LogP contribution in [0.3, 0.4) is 0 Å². The minimum atomic E-state index is -0.726. The molecule has 54 heavy (non-hydrogen) atoms. The van der Waals surface area contributed by atoms with Crippen molar-refractivity contribution >= 4 is 45.3 Å². The fraction of sp³-hybridized carbons (Fsp3) is 0.425. The number of amides is 3. The summed E-state index contributed by atoms with van der Waals surface area (Å²) in [6.07, 6.45) is 8.80. The first-order valence-corrected chi connectivity index (χ1v) is 18.7. The van der Waals surface area contributed by atoms with Crippen LogP contribution in [0.1, 0.15) is 91.1 Å². The number of aryl methyl sites for hydroxylation is 1. The molecular formula is C40H43N9O5. The van der Waals surface area contributed by atoms with Gasteiger partial charge in [0.15, 0.2) is 0 Å². The molecule has 0 spiro atoms. The first kappa shape index (κ1) is 35.2. The number of ether oxygens (including phenoxy) is 1. The summed E-state index contributed by atoms with van der Waals surface area (Å²) in [6.45, 7) is 2.96. The number of nitrogens with zero attached hydrogens (tertiary/aromatic N) is 7. The number of hydrogen-bond acceptors (Lipinski definition) is 9. The van der Waals surface area contributed by atoms with Crippen molar-refractivity contribution in [1.82, 2.24) is 34.1 Å². The van der Waals surface area contributed by atoms with E-state index in [1.54, 1.807) is 41.5 Å². The van der Waals surface area contributed by atoms with E-state index < -0.39 is 11.9 Å². The SMILES string of the molecule is COc1ccc2c(c1C1CCN(CC3CCC(n4cc5cc(NC(=O)c6cccc(C#N)n6)ccc5n4)CC3)CC1)n(C)c(=O)n2C1CCC(=O)NC1=O. The molecule has 3 amide bonds. The first-order chi connectivity index (χ1) is 26.2. The predicted octanol–water partition coefficient (Wildman–Crippen LogP) is 4.81. The van der Waals surface area contributed by atoms with E-state index in [1.165, 1.54) is 0 Å². The number of piperidine rings is 2. The van der Waals surface area contributed by atoms with E-state index in [2.05, 4.69) is 31.4 Å². The van der Waals surface area contributed by atoms with Crippen molar-refractivity contribution in [3.63, 3.8) is 0 Å². The van der Waals surface area contributed by atoms with Crippen molar-refractivity contribution in [2.24, 2.45) is 13.0 Å². The van der Waals surface area contributed by atoms with Gasteiger partial charge in [0.05, 0.1) is 29.7 Å². The van der Waals surface area contributed by atoms with E-state index in [0.717, 1.165) is 85.9 Å². The number of imidazole rings is 1. The van der Waals surface area contributed by atoms with Crippen LogP contribution in [-0.2, 0) is 16.6 Å². The quantitative estimate of drug-likeness (QED) is 0.213. The molecule has 1 unspecified atom stereocenters. The third-order valence-electron chi connectivity index (χ3n) is 11.6. The third-order valence-corrected chi connectivity index (χ3v) is 11.6. The zero-order chi connectivity index (χ0) is 37.5. The zero-order valence-corrected chi connectivity index (χ0v) is 30.5. The number of hydrogen-bond donors (Lipinski definition) is 2. The van der Waals surface area contributed by atoms with Crippen molar-refractivity contribution < 1.29 is 19.1 Å². The Kier molecular flexibility index (Phi) is 9.49. The lowest BCUT2D eigenvalue weighted by molar-refractivity contribution is -0.135. The Morgan fingerprint density at radius 3 is 2.56 bits per heavy atom. The van der Waals surface area contributed by atoms with Crippen molar-refractivity contribution in [3.8, 4) is 11.8 Å². The Balaban J connectivity index is 0.884. The van der Waals surface area contributed by atoms with Gasteiger partial charge < -0.3 is 15.0 Å². The Labute approximate surface area is 311 Å². The van der Waals surface area contributed by atoms with Crippen molar-refractivity contribution in [3.05, 3.63) is 82.2 Å². The molecule has 278 valence electrons. The molecule has 0 bridgehead atoms. The van der Waals surface area contributed by atoms with E-state index in [1.807, 2.05) is 36.4 Å². The third kappa shape index (κ3) is 6.64. The van der Waals surface area contributed by atoms with Gasteiger partial charge in [-0.1, -0.05) is 6.07 Å². The lowest BCUT2D eigenvalue weighted by atomic mass is 9.84. The van der Waals surface area contributed by atoms with Crippen molar-refractivity contribution in [1.29, 1.82) is 5.26 Å². The Morgan fingerprint density at radius 2 is 1.81 bits per heavy atom. The number of nitrogens with one attached hydrogen (secondary N) is 2. The van der Waals surface area contributed by atoms with Gasteiger partial charge in [-0.2, -0.15) is 10.4 Å². The van der Waals surface area contributed by atoms with Crippen LogP contribution >= 0.6 is 0 Å². The summed E-state index contributed by atoms with van der Waals surface area (Å²) >= 11 is 0. The number of methoxy groups -OCH3 is 1. The van der Waals surface area contributed by atoms with Gasteiger partial charge in [0.2, 0.25) is 11.8 Å². The molecule has 5 aromatic rings. The van der Waals surface area contributed by atoms with Gasteiger partial charge in [0.25, 0.3) is 5.91 Å². The molecule has 5 heterocycles. The van der Waals surface area contributed by atoms with Gasteiger partial charge in [0.1, 0.15) is 29.2 Å². The van der Waals surface area contributed by atoms with Gasteiger partial charge in [-0.3, -0.25) is 33.5 Å². The molecule has 3 aromatic heterocycles. The number of nitriles is 1. The predicted molar refractivity (Wildman–Crippen MR) is 201 cm³/mol. The summed E-state index contributed by atoms with van der Waals surface area (Å²) in [5.41, 5.74) is 4.16. The van der Waals surface area contributed by atoms with E-state index >= 15 is 0 Å². The number of fused-ring (bicyclic) bond motifs is 2. The highest BCUT2D eigenvalue weighted by Crippen LogP contribution is 2.41. The molecule has 2 aliphatic heterocycles. The number of anilines is 1. The van der Waals surface area contributed by atoms with Crippen molar-refractivity contribution in [2.45, 2.75) is 69.4 Å². The molecular weight excluding hydrogens is 686 g/mol. The van der Waals surface area contributed by atoms with Gasteiger partial charge in [0, 0.05) is 42.8 Å². The fourth-order valence-electron chi connectivity index (χ4n) is 8.78. The van der Waals surface area contributed by atoms with Gasteiger partial charge in [-0.05, 0) is 112 Å². The standard InChI is InChI=1S/C40H43N9O5/c1-46-37-32(49(40(46)53)33-13-15-35(50)44-39(33)52)12-14-34(54-2)36(37)25-16-18-47(19-17-25)22-24-6-9-29(10-7-24)48-23-26-20-27(8-11-30(26)45-48)43-38(51)31-5-3-4-28(21-41)42-31/h3-5,8,11-12,14,20,23-25,29,33H,6-7,9-10,13,15-19,22H2,1-2H3,(H,43,51)(H,44,50,52). The average molecular weight is 730 g/mol. The van der Waals surface area contributed by atoms with Gasteiger partial charge >= 0.3 is 5.69 Å². The minimum absolute atomic E-state index is 0.191. The molecule has 3 fully saturated rings. The Bertz CT molecular complexity index is 2370. The van der Waals surface area contributed by atoms with Gasteiger partial charge in [-0.25, -0.2) is 9.78 Å². The van der Waals surface area contributed by atoms with E-state index in [9.17, 15) is 19.2 Å². The second-order valence-corrected chi connectivity index (χ2v) is 14.8. The molecule has 8 rings (SSSR count). The van der Waals surface area contributed by atoms with Gasteiger partial charge in [-0.15, -0.1) is 0 Å². The normalized spacial score (nSPS) is 21.2. The van der Waals surface area contributed by atoms with Crippen LogP contribution in [0.2, 0.25) is 0 Å². The van der Waals surface area contributed by atoms with E-state index in [-0.39, 0.29) is 41.2 Å². The van der Waals surface area contributed by atoms with Crippen LogP contribution in [-0.4, -0.2) is 73.3 Å².